The Morgan fingerprint density at radius 1 is 1.27 bits per heavy atom. The second-order valence-electron chi connectivity index (χ2n) is 7.11. The summed E-state index contributed by atoms with van der Waals surface area (Å²) in [6, 6.07) is 3.28. The number of carbonyl (C=O) groups is 2. The maximum Gasteiger partial charge on any atom is 0.422 e. The van der Waals surface area contributed by atoms with Crippen LogP contribution in [0.1, 0.15) is 47.4 Å². The summed E-state index contributed by atoms with van der Waals surface area (Å²) in [6.07, 6.45) is -0.103. The minimum atomic E-state index is -4.61. The quantitative estimate of drug-likeness (QED) is 0.654. The van der Waals surface area contributed by atoms with Crippen LogP contribution in [0, 0.1) is 11.7 Å². The standard InChI is InChI=1S/C20H19F4N3O3/c1-11(14-7-16(21)19(26-9-14)30-10-20(22,23)24)27-18(29)13-4-5-25-15(6-13)8-17(28)12-2-3-12/h4-7,9,11-12H,2-3,8,10H2,1H3,(H,27,29). The van der Waals surface area contributed by atoms with E-state index in [4.69, 9.17) is 0 Å². The number of Topliss-reactive ketones (excluding diaryl/α,β-unsaturated/α-hetero) is 1. The Morgan fingerprint density at radius 3 is 2.63 bits per heavy atom. The van der Waals surface area contributed by atoms with E-state index >= 15 is 0 Å². The first-order valence-electron chi connectivity index (χ1n) is 9.26. The molecule has 1 atom stereocenters. The number of hydrogen-bond acceptors (Lipinski definition) is 5. The highest BCUT2D eigenvalue weighted by Gasteiger charge is 2.30. The fourth-order valence-electron chi connectivity index (χ4n) is 2.74. The monoisotopic (exact) mass is 425 g/mol. The maximum atomic E-state index is 14.0. The molecule has 6 nitrogen and oxygen atoms in total. The predicted molar refractivity (Wildman–Crippen MR) is 97.3 cm³/mol. The molecule has 2 heterocycles. The van der Waals surface area contributed by atoms with Gasteiger partial charge in [0.05, 0.1) is 6.04 Å². The molecule has 160 valence electrons. The van der Waals surface area contributed by atoms with E-state index in [2.05, 4.69) is 20.0 Å². The van der Waals surface area contributed by atoms with Gasteiger partial charge in [-0.15, -0.1) is 0 Å². The largest absolute Gasteiger partial charge is 0.466 e. The number of carbonyl (C=O) groups excluding carboxylic acids is 2. The Hall–Kier alpha value is -3.04. The van der Waals surface area contributed by atoms with Gasteiger partial charge in [-0.05, 0) is 43.5 Å². The van der Waals surface area contributed by atoms with Crippen molar-refractivity contribution in [2.75, 3.05) is 6.61 Å². The number of hydrogen-bond donors (Lipinski definition) is 1. The second kappa shape index (κ2) is 8.76. The molecule has 1 N–H and O–H groups in total. The Morgan fingerprint density at radius 2 is 2.00 bits per heavy atom. The van der Waals surface area contributed by atoms with Gasteiger partial charge in [0.2, 0.25) is 0 Å². The normalized spacial score (nSPS) is 14.8. The highest BCUT2D eigenvalue weighted by Crippen LogP contribution is 2.30. The molecule has 2 aromatic heterocycles. The average molecular weight is 425 g/mol. The lowest BCUT2D eigenvalue weighted by atomic mass is 10.1. The molecule has 0 bridgehead atoms. The number of nitrogens with one attached hydrogen (secondary N) is 1. The number of nitrogens with zero attached hydrogens (tertiary/aromatic N) is 2. The van der Waals surface area contributed by atoms with E-state index in [1.807, 2.05) is 0 Å². The molecule has 1 aliphatic carbocycles. The number of ketones is 1. The zero-order valence-electron chi connectivity index (χ0n) is 16.0. The molecular weight excluding hydrogens is 406 g/mol. The summed E-state index contributed by atoms with van der Waals surface area (Å²) < 4.78 is 54.8. The molecule has 0 spiro atoms. The van der Waals surface area contributed by atoms with Gasteiger partial charge in [0.1, 0.15) is 5.78 Å². The number of rotatable bonds is 8. The molecule has 2 aromatic rings. The average Bonchev–Trinajstić information content (AvgIpc) is 3.51. The van der Waals surface area contributed by atoms with E-state index in [1.165, 1.54) is 18.3 Å². The van der Waals surface area contributed by atoms with Crippen molar-refractivity contribution in [2.24, 2.45) is 5.92 Å². The van der Waals surface area contributed by atoms with E-state index < -0.39 is 36.4 Å². The van der Waals surface area contributed by atoms with Gasteiger partial charge in [0.25, 0.3) is 11.8 Å². The van der Waals surface area contributed by atoms with E-state index in [9.17, 15) is 27.2 Å². The van der Waals surface area contributed by atoms with Crippen LogP contribution in [0.2, 0.25) is 0 Å². The third kappa shape index (κ3) is 5.98. The number of alkyl halides is 3. The number of halogens is 4. The molecule has 0 aromatic carbocycles. The first-order valence-corrected chi connectivity index (χ1v) is 9.26. The van der Waals surface area contributed by atoms with Crippen LogP contribution in [0.5, 0.6) is 5.88 Å². The molecule has 1 saturated carbocycles. The number of amides is 1. The van der Waals surface area contributed by atoms with Gasteiger partial charge in [-0.25, -0.2) is 9.37 Å². The third-order valence-corrected chi connectivity index (χ3v) is 4.52. The van der Waals surface area contributed by atoms with Crippen LogP contribution in [0.3, 0.4) is 0 Å². The summed E-state index contributed by atoms with van der Waals surface area (Å²) in [6.45, 7) is -0.0838. The number of aromatic nitrogens is 2. The van der Waals surface area contributed by atoms with Crippen molar-refractivity contribution >= 4 is 11.7 Å². The molecule has 0 radical (unpaired) electrons. The fourth-order valence-corrected chi connectivity index (χ4v) is 2.74. The van der Waals surface area contributed by atoms with Crippen molar-refractivity contribution in [1.82, 2.24) is 15.3 Å². The van der Waals surface area contributed by atoms with Crippen LogP contribution in [-0.2, 0) is 11.2 Å². The Labute approximate surface area is 169 Å². The van der Waals surface area contributed by atoms with Crippen LogP contribution >= 0.6 is 0 Å². The van der Waals surface area contributed by atoms with Crippen LogP contribution in [0.4, 0.5) is 17.6 Å². The lowest BCUT2D eigenvalue weighted by Crippen LogP contribution is -2.27. The summed E-state index contributed by atoms with van der Waals surface area (Å²) in [5.41, 5.74) is 1.03. The van der Waals surface area contributed by atoms with Crippen molar-refractivity contribution in [1.29, 1.82) is 0 Å². The zero-order chi connectivity index (χ0) is 21.9. The topological polar surface area (TPSA) is 81.2 Å². The maximum absolute atomic E-state index is 14.0. The van der Waals surface area contributed by atoms with E-state index in [0.29, 0.717) is 5.69 Å². The van der Waals surface area contributed by atoms with Gasteiger partial charge < -0.3 is 10.1 Å². The molecule has 30 heavy (non-hydrogen) atoms. The van der Waals surface area contributed by atoms with Gasteiger partial charge in [-0.1, -0.05) is 0 Å². The van der Waals surface area contributed by atoms with Crippen LogP contribution in [0.25, 0.3) is 0 Å². The molecule has 3 rings (SSSR count). The summed E-state index contributed by atoms with van der Waals surface area (Å²) in [5, 5.41) is 2.65. The summed E-state index contributed by atoms with van der Waals surface area (Å²) in [4.78, 5) is 32.1. The Kier molecular flexibility index (Phi) is 6.33. The SMILES string of the molecule is CC(NC(=O)c1ccnc(CC(=O)C2CC2)c1)c1cnc(OCC(F)(F)F)c(F)c1. The fraction of sp³-hybridized carbons (Fsp3) is 0.400. The summed E-state index contributed by atoms with van der Waals surface area (Å²) in [7, 11) is 0. The third-order valence-electron chi connectivity index (χ3n) is 4.52. The number of ether oxygens (including phenoxy) is 1. The van der Waals surface area contributed by atoms with E-state index in [-0.39, 0.29) is 29.2 Å². The van der Waals surface area contributed by atoms with Crippen molar-refractivity contribution in [2.45, 2.75) is 38.4 Å². The van der Waals surface area contributed by atoms with E-state index in [1.54, 1.807) is 6.92 Å². The molecule has 1 fully saturated rings. The van der Waals surface area contributed by atoms with Gasteiger partial charge in [0.15, 0.2) is 12.4 Å². The minimum absolute atomic E-state index is 0.0924. The highest BCUT2D eigenvalue weighted by molar-refractivity contribution is 5.94. The molecule has 1 unspecified atom stereocenters. The molecule has 10 heteroatoms. The number of pyridine rings is 2. The molecule has 1 amide bonds. The van der Waals surface area contributed by atoms with Crippen LogP contribution < -0.4 is 10.1 Å². The molecule has 0 aliphatic heterocycles. The molecular formula is C20H19F4N3O3. The van der Waals surface area contributed by atoms with Crippen LogP contribution in [0.15, 0.2) is 30.6 Å². The van der Waals surface area contributed by atoms with Gasteiger partial charge in [-0.3, -0.25) is 14.6 Å². The zero-order valence-corrected chi connectivity index (χ0v) is 16.0. The highest BCUT2D eigenvalue weighted by atomic mass is 19.4. The van der Waals surface area contributed by atoms with Gasteiger partial charge in [-0.2, -0.15) is 13.2 Å². The van der Waals surface area contributed by atoms with Crippen molar-refractivity contribution in [3.8, 4) is 5.88 Å². The minimum Gasteiger partial charge on any atom is -0.466 e. The predicted octanol–water partition coefficient (Wildman–Crippen LogP) is 3.57. The smallest absolute Gasteiger partial charge is 0.422 e. The van der Waals surface area contributed by atoms with Crippen molar-refractivity contribution < 1.29 is 31.9 Å². The second-order valence-corrected chi connectivity index (χ2v) is 7.11. The van der Waals surface area contributed by atoms with Crippen molar-refractivity contribution in [3.05, 3.63) is 53.2 Å². The summed E-state index contributed by atoms with van der Waals surface area (Å²) >= 11 is 0. The Bertz CT molecular complexity index is 945. The van der Waals surface area contributed by atoms with E-state index in [0.717, 1.165) is 25.1 Å². The first kappa shape index (κ1) is 21.7. The Balaban J connectivity index is 1.62. The van der Waals surface area contributed by atoms with Crippen molar-refractivity contribution in [3.63, 3.8) is 0 Å². The lowest BCUT2D eigenvalue weighted by molar-refractivity contribution is -0.154. The van der Waals surface area contributed by atoms with Gasteiger partial charge >= 0.3 is 6.18 Å². The molecule has 0 saturated heterocycles. The lowest BCUT2D eigenvalue weighted by Gasteiger charge is -2.15. The summed E-state index contributed by atoms with van der Waals surface area (Å²) in [5.74, 6) is -2.11. The first-order chi connectivity index (χ1) is 14.1. The van der Waals surface area contributed by atoms with Gasteiger partial charge in [0, 0.05) is 36.0 Å². The van der Waals surface area contributed by atoms with Crippen LogP contribution in [-0.4, -0.2) is 34.4 Å². The molecule has 1 aliphatic rings.